The zero-order valence-electron chi connectivity index (χ0n) is 8.81. The number of furan rings is 1. The van der Waals surface area contributed by atoms with E-state index in [0.717, 1.165) is 6.08 Å². The second kappa shape index (κ2) is 5.49. The van der Waals surface area contributed by atoms with Gasteiger partial charge in [-0.3, -0.25) is 0 Å². The molecular formula is C11H9BrO5. The first kappa shape index (κ1) is 13.2. The Balaban J connectivity index is 3.14. The first-order chi connectivity index (χ1) is 7.90. The van der Waals surface area contributed by atoms with Gasteiger partial charge in [0.05, 0.1) is 5.57 Å². The molecule has 0 aliphatic rings. The number of carboxylic acid groups (broad SMARTS) is 2. The van der Waals surface area contributed by atoms with Gasteiger partial charge in [0.15, 0.2) is 4.67 Å². The number of rotatable bonds is 4. The Hall–Kier alpha value is -1.82. The van der Waals surface area contributed by atoms with Gasteiger partial charge in [-0.1, -0.05) is 0 Å². The van der Waals surface area contributed by atoms with Gasteiger partial charge in [-0.05, 0) is 46.6 Å². The second-order valence-electron chi connectivity index (χ2n) is 3.17. The van der Waals surface area contributed by atoms with Crippen LogP contribution in [0.4, 0.5) is 0 Å². The maximum Gasteiger partial charge on any atom is 0.336 e. The van der Waals surface area contributed by atoms with E-state index in [1.54, 1.807) is 12.1 Å². The SMILES string of the molecule is CC(=C\C(=O)O)/C(=C/c1ccc(Br)o1)C(=O)O. The van der Waals surface area contributed by atoms with Crippen molar-refractivity contribution >= 4 is 33.9 Å². The highest BCUT2D eigenvalue weighted by molar-refractivity contribution is 9.10. The topological polar surface area (TPSA) is 87.7 Å². The number of halogens is 1. The van der Waals surface area contributed by atoms with Crippen LogP contribution in [0.2, 0.25) is 0 Å². The molecule has 1 rings (SSSR count). The van der Waals surface area contributed by atoms with Crippen molar-refractivity contribution in [2.24, 2.45) is 0 Å². The minimum Gasteiger partial charge on any atom is -0.478 e. The van der Waals surface area contributed by atoms with E-state index in [9.17, 15) is 9.59 Å². The molecule has 0 aliphatic carbocycles. The molecule has 1 aromatic rings. The molecule has 0 spiro atoms. The molecule has 0 fully saturated rings. The average molecular weight is 301 g/mol. The second-order valence-corrected chi connectivity index (χ2v) is 3.95. The number of hydrogen-bond acceptors (Lipinski definition) is 3. The van der Waals surface area contributed by atoms with Gasteiger partial charge >= 0.3 is 11.9 Å². The molecule has 90 valence electrons. The molecule has 0 saturated heterocycles. The van der Waals surface area contributed by atoms with Crippen LogP contribution < -0.4 is 0 Å². The van der Waals surface area contributed by atoms with Crippen molar-refractivity contribution in [2.45, 2.75) is 6.92 Å². The lowest BCUT2D eigenvalue weighted by atomic mass is 10.1. The Bertz CT molecular complexity index is 510. The molecule has 5 nitrogen and oxygen atoms in total. The van der Waals surface area contributed by atoms with Crippen LogP contribution >= 0.6 is 15.9 Å². The molecule has 0 atom stereocenters. The lowest BCUT2D eigenvalue weighted by Gasteiger charge is -2.00. The minimum atomic E-state index is -1.22. The van der Waals surface area contributed by atoms with Crippen molar-refractivity contribution in [3.05, 3.63) is 39.8 Å². The van der Waals surface area contributed by atoms with Crippen LogP contribution in [0.1, 0.15) is 12.7 Å². The monoisotopic (exact) mass is 300 g/mol. The van der Waals surface area contributed by atoms with Gasteiger partial charge in [-0.25, -0.2) is 9.59 Å². The average Bonchev–Trinajstić information content (AvgIpc) is 2.58. The van der Waals surface area contributed by atoms with E-state index in [1.165, 1.54) is 13.0 Å². The van der Waals surface area contributed by atoms with Gasteiger partial charge in [0.2, 0.25) is 0 Å². The van der Waals surface area contributed by atoms with Crippen LogP contribution in [-0.2, 0) is 9.59 Å². The predicted octanol–water partition coefficient (Wildman–Crippen LogP) is 2.54. The molecule has 0 amide bonds. The lowest BCUT2D eigenvalue weighted by molar-refractivity contribution is -0.132. The Labute approximate surface area is 105 Å². The summed E-state index contributed by atoms with van der Waals surface area (Å²) in [6.45, 7) is 1.41. The van der Waals surface area contributed by atoms with E-state index in [0.29, 0.717) is 10.4 Å². The Morgan fingerprint density at radius 1 is 1.35 bits per heavy atom. The molecule has 0 saturated carbocycles. The van der Waals surface area contributed by atoms with Crippen molar-refractivity contribution in [3.8, 4) is 0 Å². The van der Waals surface area contributed by atoms with E-state index < -0.39 is 11.9 Å². The summed E-state index contributed by atoms with van der Waals surface area (Å²) in [6, 6.07) is 3.18. The van der Waals surface area contributed by atoms with Crippen molar-refractivity contribution in [1.29, 1.82) is 0 Å². The fourth-order valence-corrected chi connectivity index (χ4v) is 1.47. The van der Waals surface area contributed by atoms with Crippen LogP contribution in [0.25, 0.3) is 6.08 Å². The molecule has 17 heavy (non-hydrogen) atoms. The zero-order valence-corrected chi connectivity index (χ0v) is 10.4. The van der Waals surface area contributed by atoms with E-state index in [-0.39, 0.29) is 11.1 Å². The van der Waals surface area contributed by atoms with Crippen LogP contribution in [0.15, 0.2) is 38.4 Å². The maximum absolute atomic E-state index is 11.0. The summed E-state index contributed by atoms with van der Waals surface area (Å²) in [5, 5.41) is 17.5. The van der Waals surface area contributed by atoms with Crippen LogP contribution in [-0.4, -0.2) is 22.2 Å². The highest BCUT2D eigenvalue weighted by Crippen LogP contribution is 2.19. The fourth-order valence-electron chi connectivity index (χ4n) is 1.16. The predicted molar refractivity (Wildman–Crippen MR) is 63.4 cm³/mol. The lowest BCUT2D eigenvalue weighted by Crippen LogP contribution is -2.03. The molecule has 0 aromatic carbocycles. The van der Waals surface area contributed by atoms with Crippen molar-refractivity contribution in [2.75, 3.05) is 0 Å². The van der Waals surface area contributed by atoms with Crippen molar-refractivity contribution in [1.82, 2.24) is 0 Å². The summed E-state index contributed by atoms with van der Waals surface area (Å²) in [4.78, 5) is 21.4. The molecular weight excluding hydrogens is 292 g/mol. The Morgan fingerprint density at radius 2 is 2.00 bits per heavy atom. The maximum atomic E-state index is 11.0. The molecule has 1 aromatic heterocycles. The first-order valence-corrected chi connectivity index (χ1v) is 5.31. The van der Waals surface area contributed by atoms with Crippen LogP contribution in [0.5, 0.6) is 0 Å². The number of aliphatic carboxylic acids is 2. The largest absolute Gasteiger partial charge is 0.478 e. The highest BCUT2D eigenvalue weighted by Gasteiger charge is 2.12. The molecule has 0 aliphatic heterocycles. The number of carboxylic acids is 2. The third kappa shape index (κ3) is 3.92. The van der Waals surface area contributed by atoms with E-state index in [2.05, 4.69) is 15.9 Å². The van der Waals surface area contributed by atoms with Gasteiger partial charge < -0.3 is 14.6 Å². The first-order valence-electron chi connectivity index (χ1n) is 4.52. The Morgan fingerprint density at radius 3 is 2.41 bits per heavy atom. The third-order valence-corrected chi connectivity index (χ3v) is 2.30. The zero-order chi connectivity index (χ0) is 13.0. The standard InChI is InChI=1S/C11H9BrO5/c1-6(4-10(13)14)8(11(15)16)5-7-2-3-9(12)17-7/h2-5H,1H3,(H,13,14)(H,15,16)/b6-4+,8-5-. The summed E-state index contributed by atoms with van der Waals surface area (Å²) < 4.78 is 5.59. The molecule has 0 radical (unpaired) electrons. The third-order valence-electron chi connectivity index (χ3n) is 1.88. The smallest absolute Gasteiger partial charge is 0.336 e. The van der Waals surface area contributed by atoms with Crippen LogP contribution in [0, 0.1) is 0 Å². The highest BCUT2D eigenvalue weighted by atomic mass is 79.9. The van der Waals surface area contributed by atoms with Gasteiger partial charge in [0.1, 0.15) is 5.76 Å². The van der Waals surface area contributed by atoms with Crippen molar-refractivity contribution in [3.63, 3.8) is 0 Å². The van der Waals surface area contributed by atoms with Gasteiger partial charge in [0.25, 0.3) is 0 Å². The molecule has 1 heterocycles. The van der Waals surface area contributed by atoms with Crippen LogP contribution in [0.3, 0.4) is 0 Å². The molecule has 0 bridgehead atoms. The van der Waals surface area contributed by atoms with E-state index >= 15 is 0 Å². The molecule has 0 unspecified atom stereocenters. The summed E-state index contributed by atoms with van der Waals surface area (Å²) in [5.41, 5.74) is 0.00627. The van der Waals surface area contributed by atoms with Gasteiger partial charge in [-0.15, -0.1) is 0 Å². The Kier molecular flexibility index (Phi) is 4.28. The number of carbonyl (C=O) groups is 2. The van der Waals surface area contributed by atoms with E-state index in [4.69, 9.17) is 14.6 Å². The minimum absolute atomic E-state index is 0.130. The quantitative estimate of drug-likeness (QED) is 0.659. The van der Waals surface area contributed by atoms with E-state index in [1.807, 2.05) is 0 Å². The summed E-state index contributed by atoms with van der Waals surface area (Å²) >= 11 is 3.08. The fraction of sp³-hybridized carbons (Fsp3) is 0.0909. The van der Waals surface area contributed by atoms with Crippen molar-refractivity contribution < 1.29 is 24.2 Å². The summed E-state index contributed by atoms with van der Waals surface area (Å²) in [5.74, 6) is -2.09. The molecule has 6 heteroatoms. The summed E-state index contributed by atoms with van der Waals surface area (Å²) in [7, 11) is 0. The van der Waals surface area contributed by atoms with Gasteiger partial charge in [-0.2, -0.15) is 0 Å². The van der Waals surface area contributed by atoms with Gasteiger partial charge in [0, 0.05) is 6.08 Å². The molecule has 2 N–H and O–H groups in total. The normalized spacial score (nSPS) is 12.6. The number of hydrogen-bond donors (Lipinski definition) is 2. The summed E-state index contributed by atoms with van der Waals surface area (Å²) in [6.07, 6.45) is 2.10.